The van der Waals surface area contributed by atoms with Crippen LogP contribution in [0.25, 0.3) is 0 Å². The van der Waals surface area contributed by atoms with Gasteiger partial charge in [0.25, 0.3) is 5.91 Å². The van der Waals surface area contributed by atoms with Crippen LogP contribution in [0.3, 0.4) is 0 Å². The number of nitrogens with one attached hydrogen (secondary N) is 1. The molecule has 1 atom stereocenters. The maximum atomic E-state index is 12.8. The minimum atomic E-state index is -0.00101. The monoisotopic (exact) mass is 362 g/mol. The quantitative estimate of drug-likeness (QED) is 0.904. The van der Waals surface area contributed by atoms with E-state index in [0.29, 0.717) is 13.1 Å². The number of carbonyl (C=O) groups is 2. The van der Waals surface area contributed by atoms with Gasteiger partial charge in [-0.3, -0.25) is 9.59 Å². The van der Waals surface area contributed by atoms with Crippen molar-refractivity contribution in [1.82, 2.24) is 10.2 Å². The van der Waals surface area contributed by atoms with E-state index in [1.54, 1.807) is 0 Å². The van der Waals surface area contributed by atoms with Gasteiger partial charge in [0.05, 0.1) is 6.04 Å². The van der Waals surface area contributed by atoms with Gasteiger partial charge in [-0.25, -0.2) is 0 Å². The molecule has 1 aliphatic heterocycles. The average Bonchev–Trinajstić information content (AvgIpc) is 2.74. The maximum absolute atomic E-state index is 12.8. The molecule has 2 aliphatic rings. The Morgan fingerprint density at radius 3 is 2.37 bits per heavy atom. The van der Waals surface area contributed by atoms with Crippen LogP contribution in [0.4, 0.5) is 0 Å². The van der Waals surface area contributed by atoms with Gasteiger partial charge in [-0.1, -0.05) is 42.5 Å². The minimum absolute atomic E-state index is 0.00101. The van der Waals surface area contributed by atoms with Gasteiger partial charge in [0.1, 0.15) is 0 Å². The summed E-state index contributed by atoms with van der Waals surface area (Å²) < 4.78 is 0. The lowest BCUT2D eigenvalue weighted by Crippen LogP contribution is -2.44. The van der Waals surface area contributed by atoms with Crippen LogP contribution in [-0.2, 0) is 11.2 Å². The van der Waals surface area contributed by atoms with Crippen molar-refractivity contribution in [2.45, 2.75) is 38.1 Å². The molecule has 27 heavy (non-hydrogen) atoms. The number of nitrogens with zero attached hydrogens (tertiary/aromatic N) is 1. The van der Waals surface area contributed by atoms with Gasteiger partial charge < -0.3 is 10.2 Å². The van der Waals surface area contributed by atoms with E-state index in [1.807, 2.05) is 35.2 Å². The third kappa shape index (κ3) is 3.90. The number of hydrogen-bond donors (Lipinski definition) is 1. The van der Waals surface area contributed by atoms with Gasteiger partial charge in [-0.15, -0.1) is 0 Å². The van der Waals surface area contributed by atoms with Crippen LogP contribution in [0.1, 0.15) is 53.2 Å². The Kier molecular flexibility index (Phi) is 5.23. The predicted octanol–water partition coefficient (Wildman–Crippen LogP) is 3.73. The highest BCUT2D eigenvalue weighted by Gasteiger charge is 2.30. The molecule has 140 valence electrons. The second-order valence-electron chi connectivity index (χ2n) is 7.58. The Hall–Kier alpha value is -2.62. The van der Waals surface area contributed by atoms with Crippen molar-refractivity contribution in [2.24, 2.45) is 5.92 Å². The van der Waals surface area contributed by atoms with Gasteiger partial charge in [-0.2, -0.15) is 0 Å². The summed E-state index contributed by atoms with van der Waals surface area (Å²) in [6.07, 6.45) is 4.69. The van der Waals surface area contributed by atoms with E-state index in [9.17, 15) is 9.59 Å². The van der Waals surface area contributed by atoms with Crippen LogP contribution in [0.5, 0.6) is 0 Å². The van der Waals surface area contributed by atoms with Crippen molar-refractivity contribution in [2.75, 3.05) is 13.1 Å². The molecular weight excluding hydrogens is 336 g/mol. The number of fused-ring (bicyclic) bond motifs is 1. The Bertz CT molecular complexity index is 810. The second kappa shape index (κ2) is 7.95. The third-order valence-corrected chi connectivity index (χ3v) is 5.86. The lowest BCUT2D eigenvalue weighted by atomic mass is 9.87. The lowest BCUT2D eigenvalue weighted by molar-refractivity contribution is -0.127. The Balaban J connectivity index is 1.34. The number of aryl methyl sites for hydroxylation is 1. The normalized spacial score (nSPS) is 20.0. The number of benzene rings is 2. The first-order valence-corrected chi connectivity index (χ1v) is 9.95. The number of amides is 2. The van der Waals surface area contributed by atoms with E-state index in [4.69, 9.17) is 0 Å². The van der Waals surface area contributed by atoms with Gasteiger partial charge in [-0.05, 0) is 55.4 Å². The molecule has 1 heterocycles. The number of hydrogen-bond acceptors (Lipinski definition) is 2. The Morgan fingerprint density at radius 1 is 0.889 bits per heavy atom. The van der Waals surface area contributed by atoms with E-state index in [-0.39, 0.29) is 23.8 Å². The Morgan fingerprint density at radius 2 is 1.59 bits per heavy atom. The summed E-state index contributed by atoms with van der Waals surface area (Å²) in [5.74, 6) is 0.207. The van der Waals surface area contributed by atoms with Crippen molar-refractivity contribution in [3.8, 4) is 0 Å². The van der Waals surface area contributed by atoms with Gasteiger partial charge in [0.2, 0.25) is 5.91 Å². The topological polar surface area (TPSA) is 49.4 Å². The molecule has 0 bridgehead atoms. The zero-order chi connectivity index (χ0) is 18.6. The van der Waals surface area contributed by atoms with Crippen LogP contribution in [0.2, 0.25) is 0 Å². The summed E-state index contributed by atoms with van der Waals surface area (Å²) in [5.41, 5.74) is 3.35. The number of piperidine rings is 1. The first-order chi connectivity index (χ1) is 13.2. The highest BCUT2D eigenvalue weighted by molar-refractivity contribution is 5.94. The van der Waals surface area contributed by atoms with Crippen LogP contribution in [0, 0.1) is 5.92 Å². The fourth-order valence-electron chi connectivity index (χ4n) is 4.30. The van der Waals surface area contributed by atoms with Crippen molar-refractivity contribution in [3.63, 3.8) is 0 Å². The molecule has 4 nitrogen and oxygen atoms in total. The molecular formula is C23H26N2O2. The average molecular weight is 362 g/mol. The van der Waals surface area contributed by atoms with Crippen LogP contribution < -0.4 is 5.32 Å². The van der Waals surface area contributed by atoms with Gasteiger partial charge in [0.15, 0.2) is 0 Å². The van der Waals surface area contributed by atoms with Crippen LogP contribution in [-0.4, -0.2) is 29.8 Å². The molecule has 2 aromatic carbocycles. The smallest absolute Gasteiger partial charge is 0.253 e. The zero-order valence-electron chi connectivity index (χ0n) is 15.6. The largest absolute Gasteiger partial charge is 0.349 e. The van der Waals surface area contributed by atoms with E-state index in [1.165, 1.54) is 11.1 Å². The second-order valence-corrected chi connectivity index (χ2v) is 7.58. The Labute approximate surface area is 160 Å². The standard InChI is InChI=1S/C23H26N2O2/c26-22(24-21-12-6-10-17-7-4-5-11-20(17)21)18-13-15-25(16-14-18)23(27)19-8-2-1-3-9-19/h1-5,7-9,11,18,21H,6,10,12-16H2,(H,24,26). The molecule has 1 unspecified atom stereocenters. The molecule has 1 aliphatic carbocycles. The molecule has 0 spiro atoms. The number of rotatable bonds is 3. The highest BCUT2D eigenvalue weighted by atomic mass is 16.2. The number of likely N-dealkylation sites (tertiary alicyclic amines) is 1. The van der Waals surface area contributed by atoms with E-state index < -0.39 is 0 Å². The number of carbonyl (C=O) groups excluding carboxylic acids is 2. The maximum Gasteiger partial charge on any atom is 0.253 e. The van der Waals surface area contributed by atoms with E-state index in [2.05, 4.69) is 29.6 Å². The SMILES string of the molecule is O=C(NC1CCCc2ccccc21)C1CCN(C(=O)c2ccccc2)CC1. The molecule has 4 rings (SSSR count). The lowest BCUT2D eigenvalue weighted by Gasteiger charge is -2.33. The fraction of sp³-hybridized carbons (Fsp3) is 0.391. The molecule has 2 amide bonds. The summed E-state index contributed by atoms with van der Waals surface area (Å²) in [4.78, 5) is 27.2. The molecule has 1 N–H and O–H groups in total. The molecule has 0 saturated carbocycles. The van der Waals surface area contributed by atoms with Gasteiger partial charge in [0, 0.05) is 24.6 Å². The predicted molar refractivity (Wildman–Crippen MR) is 105 cm³/mol. The first kappa shape index (κ1) is 17.8. The van der Waals surface area contributed by atoms with Crippen molar-refractivity contribution >= 4 is 11.8 Å². The van der Waals surface area contributed by atoms with Crippen molar-refractivity contribution in [1.29, 1.82) is 0 Å². The molecule has 2 aromatic rings. The van der Waals surface area contributed by atoms with Crippen LogP contribution >= 0.6 is 0 Å². The van der Waals surface area contributed by atoms with E-state index >= 15 is 0 Å². The highest BCUT2D eigenvalue weighted by Crippen LogP contribution is 2.30. The summed E-state index contributed by atoms with van der Waals surface area (Å²) >= 11 is 0. The zero-order valence-corrected chi connectivity index (χ0v) is 15.6. The molecule has 4 heteroatoms. The minimum Gasteiger partial charge on any atom is -0.349 e. The summed E-state index contributed by atoms with van der Waals surface area (Å²) in [6.45, 7) is 1.29. The van der Waals surface area contributed by atoms with Crippen molar-refractivity contribution in [3.05, 3.63) is 71.3 Å². The summed E-state index contributed by atoms with van der Waals surface area (Å²) in [5, 5.41) is 3.28. The fourth-order valence-corrected chi connectivity index (χ4v) is 4.30. The first-order valence-electron chi connectivity index (χ1n) is 9.95. The van der Waals surface area contributed by atoms with E-state index in [0.717, 1.165) is 37.7 Å². The molecule has 0 radical (unpaired) electrons. The van der Waals surface area contributed by atoms with Crippen molar-refractivity contribution < 1.29 is 9.59 Å². The van der Waals surface area contributed by atoms with Gasteiger partial charge >= 0.3 is 0 Å². The third-order valence-electron chi connectivity index (χ3n) is 5.86. The molecule has 1 saturated heterocycles. The van der Waals surface area contributed by atoms with Crippen LogP contribution in [0.15, 0.2) is 54.6 Å². The summed E-state index contributed by atoms with van der Waals surface area (Å²) in [7, 11) is 0. The molecule has 0 aromatic heterocycles. The molecule has 1 fully saturated rings. The summed E-state index contributed by atoms with van der Waals surface area (Å²) in [6, 6.07) is 17.9.